The summed E-state index contributed by atoms with van der Waals surface area (Å²) in [6.07, 6.45) is -0.683. The van der Waals surface area contributed by atoms with Gasteiger partial charge in [0.05, 0.1) is 7.11 Å². The van der Waals surface area contributed by atoms with Gasteiger partial charge in [-0.3, -0.25) is 0 Å². The molecule has 0 radical (unpaired) electrons. The van der Waals surface area contributed by atoms with E-state index in [1.54, 1.807) is 24.3 Å². The molecule has 13 heavy (non-hydrogen) atoms. The van der Waals surface area contributed by atoms with Gasteiger partial charge in [0.2, 0.25) is 0 Å². The largest absolute Gasteiger partial charge is 0.508 e. The van der Waals surface area contributed by atoms with Crippen molar-refractivity contribution in [3.8, 4) is 0 Å². The minimum atomic E-state index is -0.683. The van der Waals surface area contributed by atoms with E-state index < -0.39 is 6.16 Å². The summed E-state index contributed by atoms with van der Waals surface area (Å²) >= 11 is 0. The zero-order chi connectivity index (χ0) is 9.68. The van der Waals surface area contributed by atoms with Gasteiger partial charge in [0.15, 0.2) is 0 Å². The number of anilines is 1. The molecule has 0 unspecified atom stereocenters. The van der Waals surface area contributed by atoms with Crippen LogP contribution >= 0.6 is 0 Å². The van der Waals surface area contributed by atoms with Gasteiger partial charge >= 0.3 is 6.16 Å². The maximum atomic E-state index is 10.6. The van der Waals surface area contributed by atoms with Gasteiger partial charge in [0, 0.05) is 5.69 Å². The minimum Gasteiger partial charge on any atom is -0.438 e. The number of carbonyl (C=O) groups excluding carboxylic acids is 1. The third-order valence-corrected chi connectivity index (χ3v) is 1.50. The fourth-order valence-corrected chi connectivity index (χ4v) is 0.815. The molecule has 0 fully saturated rings. The number of rotatable bonds is 2. The second kappa shape index (κ2) is 4.35. The molecule has 0 aromatic heterocycles. The van der Waals surface area contributed by atoms with E-state index in [9.17, 15) is 4.79 Å². The van der Waals surface area contributed by atoms with E-state index in [-0.39, 0.29) is 6.61 Å². The molecule has 0 heterocycles. The maximum absolute atomic E-state index is 10.6. The van der Waals surface area contributed by atoms with Gasteiger partial charge < -0.3 is 15.2 Å². The van der Waals surface area contributed by atoms with E-state index in [0.717, 1.165) is 5.56 Å². The first-order valence-electron chi connectivity index (χ1n) is 3.77. The summed E-state index contributed by atoms with van der Waals surface area (Å²) in [5, 5.41) is 0. The molecular weight excluding hydrogens is 170 g/mol. The second-order valence-corrected chi connectivity index (χ2v) is 2.48. The lowest BCUT2D eigenvalue weighted by molar-refractivity contribution is 0.0669. The summed E-state index contributed by atoms with van der Waals surface area (Å²) in [4.78, 5) is 10.6. The van der Waals surface area contributed by atoms with Crippen LogP contribution in [0.4, 0.5) is 10.5 Å². The van der Waals surface area contributed by atoms with Crippen molar-refractivity contribution in [2.75, 3.05) is 12.8 Å². The average molecular weight is 181 g/mol. The third-order valence-electron chi connectivity index (χ3n) is 1.50. The summed E-state index contributed by atoms with van der Waals surface area (Å²) in [6.45, 7) is 0.201. The summed E-state index contributed by atoms with van der Waals surface area (Å²) < 4.78 is 9.02. The Balaban J connectivity index is 2.46. The molecule has 1 rings (SSSR count). The first kappa shape index (κ1) is 9.38. The van der Waals surface area contributed by atoms with E-state index in [0.29, 0.717) is 5.69 Å². The Morgan fingerprint density at radius 3 is 2.54 bits per heavy atom. The highest BCUT2D eigenvalue weighted by Gasteiger charge is 2.00. The first-order valence-corrected chi connectivity index (χ1v) is 3.77. The number of hydrogen-bond donors (Lipinski definition) is 1. The zero-order valence-electron chi connectivity index (χ0n) is 7.32. The molecule has 0 saturated heterocycles. The fourth-order valence-electron chi connectivity index (χ4n) is 0.815. The first-order chi connectivity index (χ1) is 6.22. The van der Waals surface area contributed by atoms with Crippen LogP contribution < -0.4 is 5.73 Å². The number of nitrogens with two attached hydrogens (primary N) is 1. The second-order valence-electron chi connectivity index (χ2n) is 2.48. The molecule has 70 valence electrons. The standard InChI is InChI=1S/C9H11NO3/c1-12-9(11)13-6-7-2-4-8(10)5-3-7/h2-5H,6,10H2,1H3. The van der Waals surface area contributed by atoms with Crippen LogP contribution in [0.1, 0.15) is 5.56 Å². The number of methoxy groups -OCH3 is 1. The predicted octanol–water partition coefficient (Wildman–Crippen LogP) is 1.55. The molecule has 0 bridgehead atoms. The van der Waals surface area contributed by atoms with Crippen LogP contribution in [0.15, 0.2) is 24.3 Å². The van der Waals surface area contributed by atoms with Gasteiger partial charge in [-0.2, -0.15) is 0 Å². The lowest BCUT2D eigenvalue weighted by atomic mass is 10.2. The van der Waals surface area contributed by atoms with Crippen LogP contribution in [0, 0.1) is 0 Å². The lowest BCUT2D eigenvalue weighted by Gasteiger charge is -2.02. The zero-order valence-corrected chi connectivity index (χ0v) is 7.32. The van der Waals surface area contributed by atoms with Gasteiger partial charge in [-0.25, -0.2) is 4.79 Å². The lowest BCUT2D eigenvalue weighted by Crippen LogP contribution is -2.03. The monoisotopic (exact) mass is 181 g/mol. The molecule has 0 atom stereocenters. The highest BCUT2D eigenvalue weighted by atomic mass is 16.7. The van der Waals surface area contributed by atoms with Gasteiger partial charge in [-0.1, -0.05) is 12.1 Å². The molecule has 0 aliphatic rings. The van der Waals surface area contributed by atoms with Gasteiger partial charge in [-0.05, 0) is 17.7 Å². The van der Waals surface area contributed by atoms with Crippen molar-refractivity contribution >= 4 is 11.8 Å². The number of ether oxygens (including phenoxy) is 2. The van der Waals surface area contributed by atoms with Crippen molar-refractivity contribution in [2.24, 2.45) is 0 Å². The van der Waals surface area contributed by atoms with Crippen molar-refractivity contribution in [3.63, 3.8) is 0 Å². The van der Waals surface area contributed by atoms with Gasteiger partial charge in [0.25, 0.3) is 0 Å². The molecule has 0 aliphatic heterocycles. The Hall–Kier alpha value is -1.71. The van der Waals surface area contributed by atoms with Crippen molar-refractivity contribution in [1.82, 2.24) is 0 Å². The number of hydrogen-bond acceptors (Lipinski definition) is 4. The summed E-state index contributed by atoms with van der Waals surface area (Å²) in [6, 6.07) is 7.07. The normalized spacial score (nSPS) is 9.31. The predicted molar refractivity (Wildman–Crippen MR) is 48.0 cm³/mol. The Kier molecular flexibility index (Phi) is 3.14. The Labute approximate surface area is 76.3 Å². The molecule has 4 nitrogen and oxygen atoms in total. The Morgan fingerprint density at radius 1 is 1.38 bits per heavy atom. The molecule has 0 saturated carbocycles. The highest BCUT2D eigenvalue weighted by molar-refractivity contribution is 5.59. The van der Waals surface area contributed by atoms with Crippen LogP contribution in [0.5, 0.6) is 0 Å². The molecule has 0 aliphatic carbocycles. The number of nitrogen functional groups attached to an aromatic ring is 1. The molecule has 1 aromatic carbocycles. The van der Waals surface area contributed by atoms with Crippen LogP contribution in [-0.4, -0.2) is 13.3 Å². The third kappa shape index (κ3) is 3.02. The molecule has 1 aromatic rings. The highest BCUT2D eigenvalue weighted by Crippen LogP contribution is 2.06. The molecule has 0 amide bonds. The molecule has 0 spiro atoms. The topological polar surface area (TPSA) is 61.5 Å². The van der Waals surface area contributed by atoms with E-state index >= 15 is 0 Å². The van der Waals surface area contributed by atoms with Gasteiger partial charge in [0.1, 0.15) is 6.61 Å². The van der Waals surface area contributed by atoms with Crippen LogP contribution in [0.3, 0.4) is 0 Å². The van der Waals surface area contributed by atoms with Crippen molar-refractivity contribution < 1.29 is 14.3 Å². The van der Waals surface area contributed by atoms with Gasteiger partial charge in [-0.15, -0.1) is 0 Å². The Morgan fingerprint density at radius 2 is 2.00 bits per heavy atom. The average Bonchev–Trinajstić information content (AvgIpc) is 2.16. The smallest absolute Gasteiger partial charge is 0.438 e. The minimum absolute atomic E-state index is 0.201. The Bertz CT molecular complexity index is 281. The molecule has 4 heteroatoms. The summed E-state index contributed by atoms with van der Waals surface area (Å²) in [5.74, 6) is 0. The number of carbonyl (C=O) groups is 1. The quantitative estimate of drug-likeness (QED) is 0.555. The number of benzene rings is 1. The fraction of sp³-hybridized carbons (Fsp3) is 0.222. The summed E-state index contributed by atoms with van der Waals surface area (Å²) in [7, 11) is 1.27. The van der Waals surface area contributed by atoms with Crippen LogP contribution in [0.25, 0.3) is 0 Å². The van der Waals surface area contributed by atoms with E-state index in [1.807, 2.05) is 0 Å². The van der Waals surface area contributed by atoms with Crippen molar-refractivity contribution in [2.45, 2.75) is 6.61 Å². The van der Waals surface area contributed by atoms with Crippen molar-refractivity contribution in [3.05, 3.63) is 29.8 Å². The summed E-state index contributed by atoms with van der Waals surface area (Å²) in [5.41, 5.74) is 7.03. The van der Waals surface area contributed by atoms with Crippen LogP contribution in [0.2, 0.25) is 0 Å². The maximum Gasteiger partial charge on any atom is 0.508 e. The van der Waals surface area contributed by atoms with E-state index in [4.69, 9.17) is 10.5 Å². The van der Waals surface area contributed by atoms with Crippen LogP contribution in [-0.2, 0) is 16.1 Å². The van der Waals surface area contributed by atoms with Crippen molar-refractivity contribution in [1.29, 1.82) is 0 Å². The SMILES string of the molecule is COC(=O)OCc1ccc(N)cc1. The molecular formula is C9H11NO3. The molecule has 2 N–H and O–H groups in total. The van der Waals surface area contributed by atoms with E-state index in [2.05, 4.69) is 4.74 Å². The van der Waals surface area contributed by atoms with E-state index in [1.165, 1.54) is 7.11 Å².